The Morgan fingerprint density at radius 3 is 2.71 bits per heavy atom. The smallest absolute Gasteiger partial charge is 0.255 e. The lowest BCUT2D eigenvalue weighted by molar-refractivity contribution is 0.0789. The van der Waals surface area contributed by atoms with E-state index in [0.717, 1.165) is 17.4 Å². The predicted molar refractivity (Wildman–Crippen MR) is 75.6 cm³/mol. The Morgan fingerprint density at radius 2 is 2.12 bits per heavy atom. The Kier molecular flexibility index (Phi) is 5.47. The third kappa shape index (κ3) is 4.32. The molecule has 0 N–H and O–H groups in total. The van der Waals surface area contributed by atoms with Crippen molar-refractivity contribution in [2.75, 3.05) is 13.6 Å². The summed E-state index contributed by atoms with van der Waals surface area (Å²) in [6.45, 7) is 5.04. The Balaban J connectivity index is 2.78. The van der Waals surface area contributed by atoms with Crippen molar-refractivity contribution in [2.24, 2.45) is 5.92 Å². The van der Waals surface area contributed by atoms with E-state index in [4.69, 9.17) is 11.6 Å². The van der Waals surface area contributed by atoms with Crippen molar-refractivity contribution in [3.63, 3.8) is 0 Å². The van der Waals surface area contributed by atoms with Gasteiger partial charge in [0, 0.05) is 18.1 Å². The second-order valence-corrected chi connectivity index (χ2v) is 5.86. The zero-order chi connectivity index (χ0) is 13.0. The summed E-state index contributed by atoms with van der Waals surface area (Å²) in [6.07, 6.45) is 0.994. The number of carbonyl (C=O) groups is 1. The minimum absolute atomic E-state index is 0.0306. The molecular weight excluding hydrogens is 302 g/mol. The Bertz CT molecular complexity index is 406. The average Bonchev–Trinajstić information content (AvgIpc) is 2.28. The van der Waals surface area contributed by atoms with Gasteiger partial charge in [-0.1, -0.05) is 41.4 Å². The molecule has 0 fully saturated rings. The minimum atomic E-state index is -0.0306. The van der Waals surface area contributed by atoms with Crippen molar-refractivity contribution < 1.29 is 4.79 Å². The highest BCUT2D eigenvalue weighted by Crippen LogP contribution is 2.22. The normalized spacial score (nSPS) is 10.7. The molecule has 17 heavy (non-hydrogen) atoms. The first kappa shape index (κ1) is 14.5. The third-order valence-electron chi connectivity index (χ3n) is 2.55. The van der Waals surface area contributed by atoms with E-state index in [-0.39, 0.29) is 5.91 Å². The number of hydrogen-bond donors (Lipinski definition) is 0. The fraction of sp³-hybridized carbons (Fsp3) is 0.462. The van der Waals surface area contributed by atoms with Crippen LogP contribution < -0.4 is 0 Å². The molecule has 1 aromatic carbocycles. The van der Waals surface area contributed by atoms with Gasteiger partial charge in [0.1, 0.15) is 0 Å². The van der Waals surface area contributed by atoms with E-state index in [2.05, 4.69) is 29.8 Å². The molecule has 0 saturated heterocycles. The highest BCUT2D eigenvalue weighted by Gasteiger charge is 2.15. The number of halogens is 2. The van der Waals surface area contributed by atoms with Crippen molar-refractivity contribution in [1.29, 1.82) is 0 Å². The summed E-state index contributed by atoms with van der Waals surface area (Å²) in [7, 11) is 1.81. The highest BCUT2D eigenvalue weighted by molar-refractivity contribution is 9.10. The molecule has 0 spiro atoms. The maximum absolute atomic E-state index is 12.2. The van der Waals surface area contributed by atoms with E-state index >= 15 is 0 Å². The molecule has 0 unspecified atom stereocenters. The van der Waals surface area contributed by atoms with Crippen LogP contribution in [0.25, 0.3) is 0 Å². The lowest BCUT2D eigenvalue weighted by Gasteiger charge is -2.19. The van der Waals surface area contributed by atoms with Crippen LogP contribution in [-0.2, 0) is 0 Å². The van der Waals surface area contributed by atoms with Crippen LogP contribution >= 0.6 is 27.5 Å². The molecule has 0 saturated carbocycles. The van der Waals surface area contributed by atoms with Crippen LogP contribution in [0.3, 0.4) is 0 Å². The summed E-state index contributed by atoms with van der Waals surface area (Å²) in [5.41, 5.74) is 0.548. The van der Waals surface area contributed by atoms with Crippen molar-refractivity contribution in [3.8, 4) is 0 Å². The van der Waals surface area contributed by atoms with Crippen LogP contribution in [0.15, 0.2) is 22.7 Å². The van der Waals surface area contributed by atoms with E-state index in [1.54, 1.807) is 17.0 Å². The molecule has 0 heterocycles. The lowest BCUT2D eigenvalue weighted by atomic mass is 10.1. The first-order chi connectivity index (χ1) is 7.91. The second-order valence-electron chi connectivity index (χ2n) is 4.53. The standard InChI is InChI=1S/C13H17BrClNO/c1-9(2)6-7-16(3)13(17)11-8-10(14)4-5-12(11)15/h4-5,8-9H,6-7H2,1-3H3. The molecule has 0 aromatic heterocycles. The van der Waals surface area contributed by atoms with Gasteiger partial charge >= 0.3 is 0 Å². The fourth-order valence-electron chi connectivity index (χ4n) is 1.42. The molecule has 94 valence electrons. The Labute approximate surface area is 116 Å². The number of benzene rings is 1. The molecule has 1 rings (SSSR count). The van der Waals surface area contributed by atoms with Crippen LogP contribution in [0.2, 0.25) is 5.02 Å². The molecule has 1 aromatic rings. The molecular formula is C13H17BrClNO. The largest absolute Gasteiger partial charge is 0.342 e. The van der Waals surface area contributed by atoms with Crippen LogP contribution in [-0.4, -0.2) is 24.4 Å². The van der Waals surface area contributed by atoms with Gasteiger partial charge in [0.05, 0.1) is 10.6 Å². The quantitative estimate of drug-likeness (QED) is 0.814. The van der Waals surface area contributed by atoms with Crippen molar-refractivity contribution in [3.05, 3.63) is 33.3 Å². The zero-order valence-corrected chi connectivity index (χ0v) is 12.7. The summed E-state index contributed by atoms with van der Waals surface area (Å²) >= 11 is 9.38. The SMILES string of the molecule is CC(C)CCN(C)C(=O)c1cc(Br)ccc1Cl. The van der Waals surface area contributed by atoms with Gasteiger partial charge < -0.3 is 4.90 Å². The molecule has 1 amide bonds. The van der Waals surface area contributed by atoms with E-state index in [9.17, 15) is 4.79 Å². The first-order valence-corrected chi connectivity index (χ1v) is 6.79. The van der Waals surface area contributed by atoms with Gasteiger partial charge in [-0.05, 0) is 30.5 Å². The molecule has 0 aliphatic carbocycles. The first-order valence-electron chi connectivity index (χ1n) is 5.62. The Hall–Kier alpha value is -0.540. The third-order valence-corrected chi connectivity index (χ3v) is 3.37. The lowest BCUT2D eigenvalue weighted by Crippen LogP contribution is -2.28. The van der Waals surface area contributed by atoms with Gasteiger partial charge in [-0.3, -0.25) is 4.79 Å². The van der Waals surface area contributed by atoms with Gasteiger partial charge in [-0.2, -0.15) is 0 Å². The number of hydrogen-bond acceptors (Lipinski definition) is 1. The van der Waals surface area contributed by atoms with Crippen molar-refractivity contribution in [1.82, 2.24) is 4.90 Å². The van der Waals surface area contributed by atoms with E-state index in [1.165, 1.54) is 0 Å². The minimum Gasteiger partial charge on any atom is -0.342 e. The van der Waals surface area contributed by atoms with Gasteiger partial charge in [0.2, 0.25) is 0 Å². The summed E-state index contributed by atoms with van der Waals surface area (Å²) in [6, 6.07) is 5.32. The summed E-state index contributed by atoms with van der Waals surface area (Å²) in [5, 5.41) is 0.495. The van der Waals surface area contributed by atoms with E-state index in [1.807, 2.05) is 13.1 Å². The molecule has 0 bridgehead atoms. The zero-order valence-electron chi connectivity index (χ0n) is 10.3. The average molecular weight is 319 g/mol. The predicted octanol–water partition coefficient (Wildman–Crippen LogP) is 4.22. The second kappa shape index (κ2) is 6.41. The van der Waals surface area contributed by atoms with Gasteiger partial charge in [0.15, 0.2) is 0 Å². The molecule has 0 aliphatic rings. The maximum Gasteiger partial charge on any atom is 0.255 e. The molecule has 0 atom stereocenters. The van der Waals surface area contributed by atoms with Crippen LogP contribution in [0.4, 0.5) is 0 Å². The monoisotopic (exact) mass is 317 g/mol. The van der Waals surface area contributed by atoms with Crippen LogP contribution in [0.5, 0.6) is 0 Å². The van der Waals surface area contributed by atoms with Crippen LogP contribution in [0, 0.1) is 5.92 Å². The van der Waals surface area contributed by atoms with Gasteiger partial charge in [-0.25, -0.2) is 0 Å². The molecule has 4 heteroatoms. The van der Waals surface area contributed by atoms with Gasteiger partial charge in [-0.15, -0.1) is 0 Å². The topological polar surface area (TPSA) is 20.3 Å². The van der Waals surface area contributed by atoms with Crippen molar-refractivity contribution >= 4 is 33.4 Å². The summed E-state index contributed by atoms with van der Waals surface area (Å²) in [4.78, 5) is 13.9. The number of amides is 1. The highest BCUT2D eigenvalue weighted by atomic mass is 79.9. The number of carbonyl (C=O) groups excluding carboxylic acids is 1. The van der Waals surface area contributed by atoms with E-state index in [0.29, 0.717) is 16.5 Å². The Morgan fingerprint density at radius 1 is 1.47 bits per heavy atom. The molecule has 0 radical (unpaired) electrons. The summed E-state index contributed by atoms with van der Waals surface area (Å²) in [5.74, 6) is 0.556. The molecule has 2 nitrogen and oxygen atoms in total. The maximum atomic E-state index is 12.2. The van der Waals surface area contributed by atoms with Crippen LogP contribution in [0.1, 0.15) is 30.6 Å². The van der Waals surface area contributed by atoms with Crippen molar-refractivity contribution in [2.45, 2.75) is 20.3 Å². The summed E-state index contributed by atoms with van der Waals surface area (Å²) < 4.78 is 0.863. The number of rotatable bonds is 4. The van der Waals surface area contributed by atoms with Gasteiger partial charge in [0.25, 0.3) is 5.91 Å². The number of nitrogens with zero attached hydrogens (tertiary/aromatic N) is 1. The molecule has 0 aliphatic heterocycles. The fourth-order valence-corrected chi connectivity index (χ4v) is 1.98. The van der Waals surface area contributed by atoms with E-state index < -0.39 is 0 Å².